The number of carbonyl (C=O) groups is 1. The van der Waals surface area contributed by atoms with Crippen LogP contribution in [0.1, 0.15) is 42.0 Å². The zero-order chi connectivity index (χ0) is 18.8. The number of carbonyl (C=O) groups excluding carboxylic acids is 1. The van der Waals surface area contributed by atoms with E-state index < -0.39 is 5.97 Å². The van der Waals surface area contributed by atoms with E-state index in [-0.39, 0.29) is 11.6 Å². The van der Waals surface area contributed by atoms with Crippen molar-refractivity contribution in [3.63, 3.8) is 0 Å². The fourth-order valence-electron chi connectivity index (χ4n) is 2.81. The summed E-state index contributed by atoms with van der Waals surface area (Å²) in [6.07, 6.45) is 1.74. The molecule has 0 amide bonds. The van der Waals surface area contributed by atoms with Gasteiger partial charge in [-0.1, -0.05) is 37.6 Å². The minimum atomic E-state index is -0.485. The van der Waals surface area contributed by atoms with Gasteiger partial charge >= 0.3 is 5.97 Å². The van der Waals surface area contributed by atoms with Gasteiger partial charge in [0.25, 0.3) is 0 Å². The second-order valence-corrected chi connectivity index (χ2v) is 6.83. The maximum Gasteiger partial charge on any atom is 0.363 e. The molecule has 0 radical (unpaired) electrons. The van der Waals surface area contributed by atoms with Crippen LogP contribution in [-0.4, -0.2) is 19.0 Å². The van der Waals surface area contributed by atoms with E-state index in [4.69, 9.17) is 21.1 Å². The highest BCUT2D eigenvalue weighted by Gasteiger charge is 2.25. The lowest BCUT2D eigenvalue weighted by atomic mass is 9.96. The molecule has 0 aromatic heterocycles. The number of hydrogen-bond donors (Lipinski definition) is 0. The van der Waals surface area contributed by atoms with E-state index in [0.717, 1.165) is 22.4 Å². The maximum absolute atomic E-state index is 12.3. The fraction of sp³-hybridized carbons (Fsp3) is 0.238. The quantitative estimate of drug-likeness (QED) is 0.554. The largest absolute Gasteiger partial charge is 0.496 e. The summed E-state index contributed by atoms with van der Waals surface area (Å²) in [5.41, 5.74) is 3.83. The fourth-order valence-corrected chi connectivity index (χ4v) is 3.02. The molecule has 4 nitrogen and oxygen atoms in total. The number of benzene rings is 2. The van der Waals surface area contributed by atoms with E-state index in [9.17, 15) is 4.79 Å². The molecule has 3 rings (SSSR count). The molecule has 2 aromatic rings. The number of hydrogen-bond acceptors (Lipinski definition) is 4. The molecule has 134 valence electrons. The Hall–Kier alpha value is -2.59. The molecule has 0 fully saturated rings. The Morgan fingerprint density at radius 3 is 2.62 bits per heavy atom. The number of ether oxygens (including phenoxy) is 2. The van der Waals surface area contributed by atoms with Gasteiger partial charge in [-0.3, -0.25) is 0 Å². The highest BCUT2D eigenvalue weighted by Crippen LogP contribution is 2.31. The van der Waals surface area contributed by atoms with Crippen LogP contribution in [0, 0.1) is 6.92 Å². The van der Waals surface area contributed by atoms with Crippen molar-refractivity contribution in [2.75, 3.05) is 7.11 Å². The maximum atomic E-state index is 12.3. The van der Waals surface area contributed by atoms with Gasteiger partial charge in [0.2, 0.25) is 5.90 Å². The highest BCUT2D eigenvalue weighted by atomic mass is 35.5. The van der Waals surface area contributed by atoms with E-state index >= 15 is 0 Å². The number of nitrogens with zero attached hydrogens (tertiary/aromatic N) is 1. The Bertz CT molecular complexity index is 929. The molecule has 0 unspecified atom stereocenters. The van der Waals surface area contributed by atoms with Crippen molar-refractivity contribution in [3.8, 4) is 5.75 Å². The highest BCUT2D eigenvalue weighted by molar-refractivity contribution is 6.34. The molecule has 2 aromatic carbocycles. The smallest absolute Gasteiger partial charge is 0.363 e. The molecular weight excluding hydrogens is 350 g/mol. The van der Waals surface area contributed by atoms with Crippen LogP contribution in [-0.2, 0) is 9.53 Å². The van der Waals surface area contributed by atoms with Crippen LogP contribution >= 0.6 is 11.6 Å². The summed E-state index contributed by atoms with van der Waals surface area (Å²) < 4.78 is 10.8. The zero-order valence-electron chi connectivity index (χ0n) is 15.2. The summed E-state index contributed by atoms with van der Waals surface area (Å²) in [4.78, 5) is 16.6. The molecule has 5 heteroatoms. The molecule has 0 saturated heterocycles. The summed E-state index contributed by atoms with van der Waals surface area (Å²) in [7, 11) is 1.66. The normalized spacial score (nSPS) is 15.4. The number of esters is 1. The van der Waals surface area contributed by atoms with Crippen molar-refractivity contribution >= 4 is 29.5 Å². The summed E-state index contributed by atoms with van der Waals surface area (Å²) >= 11 is 6.17. The summed E-state index contributed by atoms with van der Waals surface area (Å²) in [5, 5.41) is 0.489. The van der Waals surface area contributed by atoms with Crippen molar-refractivity contribution in [1.82, 2.24) is 0 Å². The number of halogens is 1. The second-order valence-electron chi connectivity index (χ2n) is 6.42. The number of aryl methyl sites for hydroxylation is 1. The Kier molecular flexibility index (Phi) is 5.14. The molecule has 0 N–H and O–H groups in total. The molecule has 0 spiro atoms. The van der Waals surface area contributed by atoms with E-state index in [1.165, 1.54) is 0 Å². The first-order chi connectivity index (χ1) is 12.4. The van der Waals surface area contributed by atoms with Crippen LogP contribution in [0.15, 0.2) is 47.1 Å². The molecule has 0 atom stereocenters. The van der Waals surface area contributed by atoms with Crippen molar-refractivity contribution < 1.29 is 14.3 Å². The third kappa shape index (κ3) is 3.51. The average Bonchev–Trinajstić information content (AvgIpc) is 2.97. The van der Waals surface area contributed by atoms with Crippen molar-refractivity contribution in [2.24, 2.45) is 4.99 Å². The monoisotopic (exact) mass is 369 g/mol. The number of rotatable bonds is 4. The zero-order valence-corrected chi connectivity index (χ0v) is 15.9. The molecule has 0 saturated carbocycles. The van der Waals surface area contributed by atoms with Crippen LogP contribution in [0.5, 0.6) is 5.75 Å². The van der Waals surface area contributed by atoms with E-state index in [2.05, 4.69) is 18.8 Å². The third-order valence-electron chi connectivity index (χ3n) is 4.26. The van der Waals surface area contributed by atoms with Crippen LogP contribution in [0.25, 0.3) is 6.08 Å². The average molecular weight is 370 g/mol. The van der Waals surface area contributed by atoms with Gasteiger partial charge in [0.15, 0.2) is 5.70 Å². The first-order valence-corrected chi connectivity index (χ1v) is 8.74. The SMILES string of the molecule is COc1cc(C)c(C=C2N=C(c3ccccc3Cl)OC2=O)cc1C(C)C. The summed E-state index contributed by atoms with van der Waals surface area (Å²) in [5.74, 6) is 0.873. The topological polar surface area (TPSA) is 47.9 Å². The minimum Gasteiger partial charge on any atom is -0.496 e. The molecular formula is C21H20ClNO3. The second kappa shape index (κ2) is 7.34. The van der Waals surface area contributed by atoms with Crippen molar-refractivity contribution in [1.29, 1.82) is 0 Å². The Balaban J connectivity index is 2.04. The van der Waals surface area contributed by atoms with E-state index in [1.54, 1.807) is 25.3 Å². The summed E-state index contributed by atoms with van der Waals surface area (Å²) in [6, 6.07) is 11.1. The van der Waals surface area contributed by atoms with Gasteiger partial charge in [-0.15, -0.1) is 0 Å². The summed E-state index contributed by atoms with van der Waals surface area (Å²) in [6.45, 7) is 6.17. The van der Waals surface area contributed by atoms with Crippen molar-refractivity contribution in [2.45, 2.75) is 26.7 Å². The standard InChI is InChI=1S/C21H20ClNO3/c1-12(2)16-10-14(13(3)9-19(16)25-4)11-18-21(24)26-20(23-18)15-7-5-6-8-17(15)22/h5-12H,1-4H3. The third-order valence-corrected chi connectivity index (χ3v) is 4.59. The van der Waals surface area contributed by atoms with Gasteiger partial charge in [0, 0.05) is 0 Å². The van der Waals surface area contributed by atoms with Crippen LogP contribution in [0.2, 0.25) is 5.02 Å². The van der Waals surface area contributed by atoms with Crippen molar-refractivity contribution in [3.05, 3.63) is 69.4 Å². The molecule has 1 aliphatic heterocycles. The van der Waals surface area contributed by atoms with Crippen LogP contribution in [0.3, 0.4) is 0 Å². The van der Waals surface area contributed by atoms with Gasteiger partial charge in [-0.05, 0) is 59.9 Å². The van der Waals surface area contributed by atoms with E-state index in [1.807, 2.05) is 31.2 Å². The predicted molar refractivity (Wildman–Crippen MR) is 104 cm³/mol. The van der Waals surface area contributed by atoms with Gasteiger partial charge in [0.1, 0.15) is 5.75 Å². The molecule has 26 heavy (non-hydrogen) atoms. The first kappa shape index (κ1) is 18.2. The van der Waals surface area contributed by atoms with Gasteiger partial charge in [-0.2, -0.15) is 0 Å². The molecule has 1 heterocycles. The lowest BCUT2D eigenvalue weighted by Gasteiger charge is -2.14. The lowest BCUT2D eigenvalue weighted by molar-refractivity contribution is -0.129. The van der Waals surface area contributed by atoms with Gasteiger partial charge < -0.3 is 9.47 Å². The van der Waals surface area contributed by atoms with Crippen LogP contribution < -0.4 is 4.74 Å². The Labute approximate surface area is 158 Å². The number of cyclic esters (lactones) is 1. The number of methoxy groups -OCH3 is 1. The first-order valence-electron chi connectivity index (χ1n) is 8.36. The number of aliphatic imine (C=N–C) groups is 1. The van der Waals surface area contributed by atoms with E-state index in [0.29, 0.717) is 16.5 Å². The van der Waals surface area contributed by atoms with Gasteiger partial charge in [0.05, 0.1) is 17.7 Å². The minimum absolute atomic E-state index is 0.224. The molecule has 0 bridgehead atoms. The predicted octanol–water partition coefficient (Wildman–Crippen LogP) is 5.12. The Morgan fingerprint density at radius 1 is 1.23 bits per heavy atom. The molecule has 1 aliphatic rings. The van der Waals surface area contributed by atoms with Crippen LogP contribution in [0.4, 0.5) is 0 Å². The van der Waals surface area contributed by atoms with Gasteiger partial charge in [-0.25, -0.2) is 9.79 Å². The molecule has 0 aliphatic carbocycles. The lowest BCUT2D eigenvalue weighted by Crippen LogP contribution is -2.05. The Morgan fingerprint density at radius 2 is 1.96 bits per heavy atom.